The Kier molecular flexibility index (Phi) is 4.53. The van der Waals surface area contributed by atoms with Crippen molar-refractivity contribution in [1.82, 2.24) is 15.6 Å². The number of carbonyl (C=O) groups is 2. The number of hydrogen-bond donors (Lipinski definition) is 2. The Labute approximate surface area is 124 Å². The van der Waals surface area contributed by atoms with Crippen LogP contribution in [0.4, 0.5) is 18.9 Å². The van der Waals surface area contributed by atoms with Crippen LogP contribution >= 0.6 is 0 Å². The fourth-order valence-electron chi connectivity index (χ4n) is 1.95. The number of amides is 2. The van der Waals surface area contributed by atoms with Gasteiger partial charge in [0.05, 0.1) is 6.54 Å². The van der Waals surface area contributed by atoms with Crippen molar-refractivity contribution >= 4 is 17.5 Å². The third kappa shape index (κ3) is 3.86. The van der Waals surface area contributed by atoms with Gasteiger partial charge >= 0.3 is 6.18 Å². The van der Waals surface area contributed by atoms with Gasteiger partial charge in [-0.05, 0) is 19.1 Å². The molecule has 1 aromatic heterocycles. The van der Waals surface area contributed by atoms with E-state index in [-0.39, 0.29) is 18.1 Å². The first-order valence-electron chi connectivity index (χ1n) is 6.62. The van der Waals surface area contributed by atoms with Crippen molar-refractivity contribution in [2.24, 2.45) is 0 Å². The van der Waals surface area contributed by atoms with Gasteiger partial charge < -0.3 is 15.5 Å². The van der Waals surface area contributed by atoms with Crippen LogP contribution in [-0.2, 0) is 4.79 Å². The highest BCUT2D eigenvalue weighted by Crippen LogP contribution is 2.20. The summed E-state index contributed by atoms with van der Waals surface area (Å²) in [7, 11) is 0. The molecule has 2 amide bonds. The molecule has 6 nitrogen and oxygen atoms in total. The lowest BCUT2D eigenvalue weighted by molar-refractivity contribution is -0.149. The van der Waals surface area contributed by atoms with Gasteiger partial charge in [0.1, 0.15) is 11.7 Å². The molecule has 2 N–H and O–H groups in total. The number of alkyl halides is 3. The highest BCUT2D eigenvalue weighted by atomic mass is 19.4. The second-order valence-electron chi connectivity index (χ2n) is 4.91. The number of carbonyl (C=O) groups excluding carboxylic acids is 2. The van der Waals surface area contributed by atoms with Gasteiger partial charge in [-0.2, -0.15) is 13.2 Å². The van der Waals surface area contributed by atoms with Gasteiger partial charge in [-0.15, -0.1) is 0 Å². The number of anilines is 1. The van der Waals surface area contributed by atoms with Crippen molar-refractivity contribution in [3.63, 3.8) is 0 Å². The SMILES string of the molecule is C[C@@H](NC(=O)c1cc(N2CCNC(=O)C2)ccn1)C(F)(F)F. The van der Waals surface area contributed by atoms with Gasteiger partial charge in [0, 0.05) is 25.0 Å². The molecular formula is C13H15F3N4O2. The Morgan fingerprint density at radius 2 is 2.23 bits per heavy atom. The predicted molar refractivity (Wildman–Crippen MR) is 72.4 cm³/mol. The second-order valence-corrected chi connectivity index (χ2v) is 4.91. The third-order valence-electron chi connectivity index (χ3n) is 3.22. The van der Waals surface area contributed by atoms with Crippen LogP contribution in [-0.4, -0.2) is 48.7 Å². The lowest BCUT2D eigenvalue weighted by Gasteiger charge is -2.28. The number of hydrogen-bond acceptors (Lipinski definition) is 4. The second kappa shape index (κ2) is 6.20. The van der Waals surface area contributed by atoms with Crippen LogP contribution < -0.4 is 15.5 Å². The van der Waals surface area contributed by atoms with Crippen molar-refractivity contribution in [2.75, 3.05) is 24.5 Å². The minimum Gasteiger partial charge on any atom is -0.360 e. The van der Waals surface area contributed by atoms with Gasteiger partial charge in [-0.1, -0.05) is 0 Å². The Balaban J connectivity index is 2.11. The van der Waals surface area contributed by atoms with Crippen molar-refractivity contribution in [1.29, 1.82) is 0 Å². The largest absolute Gasteiger partial charge is 0.408 e. The Hall–Kier alpha value is -2.32. The molecule has 1 aliphatic heterocycles. The van der Waals surface area contributed by atoms with Crippen LogP contribution in [0.2, 0.25) is 0 Å². The van der Waals surface area contributed by atoms with Crippen molar-refractivity contribution in [3.05, 3.63) is 24.0 Å². The normalized spacial score (nSPS) is 16.9. The molecule has 0 unspecified atom stereocenters. The summed E-state index contributed by atoms with van der Waals surface area (Å²) in [5.41, 5.74) is 0.439. The fraction of sp³-hybridized carbons (Fsp3) is 0.462. The van der Waals surface area contributed by atoms with E-state index in [2.05, 4.69) is 10.3 Å². The molecular weight excluding hydrogens is 301 g/mol. The average molecular weight is 316 g/mol. The molecule has 2 rings (SSSR count). The zero-order valence-electron chi connectivity index (χ0n) is 11.8. The maximum Gasteiger partial charge on any atom is 0.408 e. The fourth-order valence-corrected chi connectivity index (χ4v) is 1.95. The summed E-state index contributed by atoms with van der Waals surface area (Å²) in [6, 6.07) is 1.01. The highest BCUT2D eigenvalue weighted by Gasteiger charge is 2.37. The van der Waals surface area contributed by atoms with E-state index < -0.39 is 18.1 Å². The van der Waals surface area contributed by atoms with E-state index >= 15 is 0 Å². The number of rotatable bonds is 3. The smallest absolute Gasteiger partial charge is 0.360 e. The molecule has 22 heavy (non-hydrogen) atoms. The molecule has 0 saturated carbocycles. The summed E-state index contributed by atoms with van der Waals surface area (Å²) in [5, 5.41) is 4.51. The molecule has 1 saturated heterocycles. The molecule has 120 valence electrons. The maximum atomic E-state index is 12.5. The van der Waals surface area contributed by atoms with Gasteiger partial charge in [-0.3, -0.25) is 14.6 Å². The zero-order valence-corrected chi connectivity index (χ0v) is 11.8. The topological polar surface area (TPSA) is 74.3 Å². The van der Waals surface area contributed by atoms with Crippen LogP contribution in [0, 0.1) is 0 Å². The van der Waals surface area contributed by atoms with Gasteiger partial charge in [0.25, 0.3) is 5.91 Å². The molecule has 0 bridgehead atoms. The van der Waals surface area contributed by atoms with E-state index in [1.807, 2.05) is 5.32 Å². The van der Waals surface area contributed by atoms with Gasteiger partial charge in [-0.25, -0.2) is 0 Å². The number of aromatic nitrogens is 1. The van der Waals surface area contributed by atoms with E-state index in [4.69, 9.17) is 0 Å². The molecule has 1 aromatic rings. The number of pyridine rings is 1. The first-order valence-corrected chi connectivity index (χ1v) is 6.62. The molecule has 1 fully saturated rings. The van der Waals surface area contributed by atoms with Gasteiger partial charge in [0.2, 0.25) is 5.91 Å². The number of halogens is 3. The first kappa shape index (κ1) is 16.1. The van der Waals surface area contributed by atoms with E-state index in [1.54, 1.807) is 11.0 Å². The number of nitrogens with one attached hydrogen (secondary N) is 2. The summed E-state index contributed by atoms with van der Waals surface area (Å²) in [4.78, 5) is 28.7. The van der Waals surface area contributed by atoms with E-state index in [9.17, 15) is 22.8 Å². The minimum absolute atomic E-state index is 0.125. The van der Waals surface area contributed by atoms with Crippen LogP contribution in [0.5, 0.6) is 0 Å². The summed E-state index contributed by atoms with van der Waals surface area (Å²) in [5.74, 6) is -1.06. The number of piperazine rings is 1. The minimum atomic E-state index is -4.52. The third-order valence-corrected chi connectivity index (χ3v) is 3.22. The van der Waals surface area contributed by atoms with E-state index in [0.29, 0.717) is 18.8 Å². The molecule has 1 aliphatic rings. The molecule has 0 spiro atoms. The Bertz CT molecular complexity index is 577. The summed E-state index contributed by atoms with van der Waals surface area (Å²) in [6.45, 7) is 2.00. The molecule has 9 heteroatoms. The van der Waals surface area contributed by atoms with Crippen LogP contribution in [0.25, 0.3) is 0 Å². The van der Waals surface area contributed by atoms with Gasteiger partial charge in [0.15, 0.2) is 0 Å². The lowest BCUT2D eigenvalue weighted by atomic mass is 10.2. The van der Waals surface area contributed by atoms with Crippen molar-refractivity contribution in [3.8, 4) is 0 Å². The summed E-state index contributed by atoms with van der Waals surface area (Å²) >= 11 is 0. The molecule has 0 aromatic carbocycles. The number of nitrogens with zero attached hydrogens (tertiary/aromatic N) is 2. The molecule has 0 aliphatic carbocycles. The Morgan fingerprint density at radius 3 is 2.86 bits per heavy atom. The first-order chi connectivity index (χ1) is 10.3. The predicted octanol–water partition coefficient (Wildman–Crippen LogP) is 0.698. The van der Waals surface area contributed by atoms with Crippen LogP contribution in [0.1, 0.15) is 17.4 Å². The summed E-state index contributed by atoms with van der Waals surface area (Å²) < 4.78 is 37.4. The van der Waals surface area contributed by atoms with Crippen LogP contribution in [0.3, 0.4) is 0 Å². The monoisotopic (exact) mass is 316 g/mol. The molecule has 2 heterocycles. The quantitative estimate of drug-likeness (QED) is 0.861. The van der Waals surface area contributed by atoms with E-state index in [0.717, 1.165) is 6.92 Å². The standard InChI is InChI=1S/C13H15F3N4O2/c1-8(13(14,15)16)19-12(22)10-6-9(2-3-17-10)20-5-4-18-11(21)7-20/h2-3,6,8H,4-5,7H2,1H3,(H,18,21)(H,19,22)/t8-/m1/s1. The maximum absolute atomic E-state index is 12.5. The summed E-state index contributed by atoms with van der Waals surface area (Å²) in [6.07, 6.45) is -3.19. The van der Waals surface area contributed by atoms with Crippen molar-refractivity contribution in [2.45, 2.75) is 19.1 Å². The zero-order chi connectivity index (χ0) is 16.3. The molecule has 1 atom stereocenters. The lowest BCUT2D eigenvalue weighted by Crippen LogP contribution is -2.47. The molecule has 0 radical (unpaired) electrons. The van der Waals surface area contributed by atoms with E-state index in [1.165, 1.54) is 12.3 Å². The van der Waals surface area contributed by atoms with Crippen molar-refractivity contribution < 1.29 is 22.8 Å². The average Bonchev–Trinajstić information content (AvgIpc) is 2.46. The van der Waals surface area contributed by atoms with Crippen LogP contribution in [0.15, 0.2) is 18.3 Å². The highest BCUT2D eigenvalue weighted by molar-refractivity contribution is 5.93. The Morgan fingerprint density at radius 1 is 1.50 bits per heavy atom.